The van der Waals surface area contributed by atoms with Crippen LogP contribution in [0, 0.1) is 17.5 Å². The van der Waals surface area contributed by atoms with Crippen LogP contribution < -0.4 is 0 Å². The molecule has 0 atom stereocenters. The third kappa shape index (κ3) is 2.01. The molecule has 15 heavy (non-hydrogen) atoms. The largest absolute Gasteiger partial charge is 0.268 e. The van der Waals surface area contributed by atoms with Crippen LogP contribution in [0.1, 0.15) is 5.56 Å². The minimum Gasteiger partial charge on any atom is -0.268 e. The van der Waals surface area contributed by atoms with E-state index in [4.69, 9.17) is 0 Å². The van der Waals surface area contributed by atoms with Gasteiger partial charge in [-0.2, -0.15) is 5.10 Å². The molecule has 0 fully saturated rings. The Hall–Kier alpha value is -1.78. The summed E-state index contributed by atoms with van der Waals surface area (Å²) in [7, 11) is 0. The monoisotopic (exact) mass is 212 g/mol. The van der Waals surface area contributed by atoms with E-state index in [1.165, 1.54) is 10.9 Å². The second kappa shape index (κ2) is 3.76. The molecule has 2 aromatic rings. The van der Waals surface area contributed by atoms with E-state index in [1.54, 1.807) is 12.3 Å². The van der Waals surface area contributed by atoms with Crippen LogP contribution in [0.4, 0.5) is 13.2 Å². The zero-order chi connectivity index (χ0) is 10.8. The molecule has 2 rings (SSSR count). The number of nitrogens with zero attached hydrogens (tertiary/aromatic N) is 2. The summed E-state index contributed by atoms with van der Waals surface area (Å²) in [5.41, 5.74) is 0.0672. The molecule has 0 aliphatic carbocycles. The van der Waals surface area contributed by atoms with E-state index in [2.05, 4.69) is 5.10 Å². The summed E-state index contributed by atoms with van der Waals surface area (Å²) in [5, 5.41) is 3.84. The first kappa shape index (κ1) is 9.76. The van der Waals surface area contributed by atoms with E-state index in [9.17, 15) is 13.2 Å². The van der Waals surface area contributed by atoms with Crippen molar-refractivity contribution in [2.45, 2.75) is 6.54 Å². The summed E-state index contributed by atoms with van der Waals surface area (Å²) in [6.45, 7) is 0.0794. The third-order valence-electron chi connectivity index (χ3n) is 1.98. The van der Waals surface area contributed by atoms with Crippen LogP contribution in [0.5, 0.6) is 0 Å². The second-order valence-corrected chi connectivity index (χ2v) is 3.06. The van der Waals surface area contributed by atoms with Crippen LogP contribution in [-0.2, 0) is 6.54 Å². The second-order valence-electron chi connectivity index (χ2n) is 3.06. The molecule has 0 N–H and O–H groups in total. The van der Waals surface area contributed by atoms with Crippen LogP contribution >= 0.6 is 0 Å². The molecule has 0 aliphatic heterocycles. The Bertz CT molecular complexity index is 466. The van der Waals surface area contributed by atoms with Crippen LogP contribution in [0.2, 0.25) is 0 Å². The number of aromatic nitrogens is 2. The molecule has 2 nitrogen and oxygen atoms in total. The predicted molar refractivity (Wildman–Crippen MR) is 47.6 cm³/mol. The molecule has 0 spiro atoms. The van der Waals surface area contributed by atoms with Crippen molar-refractivity contribution >= 4 is 0 Å². The lowest BCUT2D eigenvalue weighted by Gasteiger charge is -2.04. The van der Waals surface area contributed by atoms with E-state index < -0.39 is 17.5 Å². The maximum absolute atomic E-state index is 13.2. The molecule has 0 unspecified atom stereocenters. The van der Waals surface area contributed by atoms with Crippen molar-refractivity contribution in [3.63, 3.8) is 0 Å². The zero-order valence-corrected chi connectivity index (χ0v) is 7.62. The van der Waals surface area contributed by atoms with Gasteiger partial charge in [0.25, 0.3) is 0 Å². The van der Waals surface area contributed by atoms with Crippen LogP contribution in [0.3, 0.4) is 0 Å². The van der Waals surface area contributed by atoms with E-state index in [-0.39, 0.29) is 12.1 Å². The normalized spacial score (nSPS) is 10.6. The highest BCUT2D eigenvalue weighted by Crippen LogP contribution is 2.14. The van der Waals surface area contributed by atoms with Crippen molar-refractivity contribution in [2.24, 2.45) is 0 Å². The lowest BCUT2D eigenvalue weighted by atomic mass is 10.2. The van der Waals surface area contributed by atoms with E-state index >= 15 is 0 Å². The van der Waals surface area contributed by atoms with Gasteiger partial charge >= 0.3 is 0 Å². The van der Waals surface area contributed by atoms with Crippen molar-refractivity contribution in [3.05, 3.63) is 53.6 Å². The Morgan fingerprint density at radius 3 is 2.47 bits per heavy atom. The molecule has 78 valence electrons. The minimum atomic E-state index is -1.18. The zero-order valence-electron chi connectivity index (χ0n) is 7.62. The van der Waals surface area contributed by atoms with Gasteiger partial charge in [0, 0.05) is 24.0 Å². The first-order chi connectivity index (χ1) is 7.16. The van der Waals surface area contributed by atoms with E-state index in [0.717, 1.165) is 6.07 Å². The molecule has 0 saturated heterocycles. The van der Waals surface area contributed by atoms with Gasteiger partial charge in [-0.1, -0.05) is 0 Å². The number of halogens is 3. The smallest absolute Gasteiger partial charge is 0.161 e. The molecule has 1 heterocycles. The van der Waals surface area contributed by atoms with Gasteiger partial charge in [-0.15, -0.1) is 0 Å². The average Bonchev–Trinajstić information content (AvgIpc) is 2.67. The van der Waals surface area contributed by atoms with Gasteiger partial charge in [-0.25, -0.2) is 13.2 Å². The number of hydrogen-bond donors (Lipinski definition) is 0. The lowest BCUT2D eigenvalue weighted by Crippen LogP contribution is -2.03. The SMILES string of the molecule is Fc1cc(F)c(Cn2cccn2)cc1F. The lowest BCUT2D eigenvalue weighted by molar-refractivity contribution is 0.486. The molecule has 1 aromatic carbocycles. The highest BCUT2D eigenvalue weighted by molar-refractivity contribution is 5.20. The first-order valence-corrected chi connectivity index (χ1v) is 4.27. The standard InChI is InChI=1S/C10H7F3N2/c11-8-5-10(13)9(12)4-7(8)6-15-3-1-2-14-15/h1-5H,6H2. The van der Waals surface area contributed by atoms with Crippen molar-refractivity contribution in [2.75, 3.05) is 0 Å². The highest BCUT2D eigenvalue weighted by Gasteiger charge is 2.09. The Kier molecular flexibility index (Phi) is 2.45. The Balaban J connectivity index is 2.33. The molecule has 0 bridgehead atoms. The average molecular weight is 212 g/mol. The molecule has 0 saturated carbocycles. The summed E-state index contributed by atoms with van der Waals surface area (Å²) < 4.78 is 40.0. The van der Waals surface area contributed by atoms with Crippen molar-refractivity contribution in [1.82, 2.24) is 9.78 Å². The van der Waals surface area contributed by atoms with Gasteiger partial charge in [-0.05, 0) is 12.1 Å². The van der Waals surface area contributed by atoms with Crippen LogP contribution in [0.15, 0.2) is 30.6 Å². The molecular formula is C10H7F3N2. The van der Waals surface area contributed by atoms with Gasteiger partial charge in [0.15, 0.2) is 11.6 Å². The minimum absolute atomic E-state index is 0.0672. The maximum Gasteiger partial charge on any atom is 0.161 e. The molecule has 0 radical (unpaired) electrons. The number of rotatable bonds is 2. The van der Waals surface area contributed by atoms with Crippen molar-refractivity contribution in [1.29, 1.82) is 0 Å². The van der Waals surface area contributed by atoms with E-state index in [1.807, 2.05) is 0 Å². The van der Waals surface area contributed by atoms with Gasteiger partial charge < -0.3 is 0 Å². The predicted octanol–water partition coefficient (Wildman–Crippen LogP) is 2.35. The molecule has 5 heteroatoms. The molecule has 0 aliphatic rings. The van der Waals surface area contributed by atoms with Gasteiger partial charge in [0.1, 0.15) is 5.82 Å². The summed E-state index contributed by atoms with van der Waals surface area (Å²) in [6, 6.07) is 3.04. The highest BCUT2D eigenvalue weighted by atomic mass is 19.2. The molecule has 0 amide bonds. The number of hydrogen-bond acceptors (Lipinski definition) is 1. The van der Waals surface area contributed by atoms with Gasteiger partial charge in [0.05, 0.1) is 6.54 Å². The summed E-state index contributed by atoms with van der Waals surface area (Å²) in [5.74, 6) is -3.01. The van der Waals surface area contributed by atoms with Crippen LogP contribution in [0.25, 0.3) is 0 Å². The van der Waals surface area contributed by atoms with E-state index in [0.29, 0.717) is 6.07 Å². The van der Waals surface area contributed by atoms with Crippen LogP contribution in [-0.4, -0.2) is 9.78 Å². The third-order valence-corrected chi connectivity index (χ3v) is 1.98. The Labute approximate surface area is 84.0 Å². The summed E-state index contributed by atoms with van der Waals surface area (Å²) >= 11 is 0. The van der Waals surface area contributed by atoms with Gasteiger partial charge in [-0.3, -0.25) is 4.68 Å². The Morgan fingerprint density at radius 1 is 1.07 bits per heavy atom. The summed E-state index contributed by atoms with van der Waals surface area (Å²) in [6.07, 6.45) is 3.14. The maximum atomic E-state index is 13.2. The number of benzene rings is 1. The topological polar surface area (TPSA) is 17.8 Å². The quantitative estimate of drug-likeness (QED) is 0.698. The van der Waals surface area contributed by atoms with Crippen molar-refractivity contribution in [3.8, 4) is 0 Å². The van der Waals surface area contributed by atoms with Crippen molar-refractivity contribution < 1.29 is 13.2 Å². The fourth-order valence-corrected chi connectivity index (χ4v) is 1.25. The fraction of sp³-hybridized carbons (Fsp3) is 0.100. The molecular weight excluding hydrogens is 205 g/mol. The fourth-order valence-electron chi connectivity index (χ4n) is 1.25. The summed E-state index contributed by atoms with van der Waals surface area (Å²) in [4.78, 5) is 0. The first-order valence-electron chi connectivity index (χ1n) is 4.27. The van der Waals surface area contributed by atoms with Gasteiger partial charge in [0.2, 0.25) is 0 Å². The molecule has 1 aromatic heterocycles. The Morgan fingerprint density at radius 2 is 1.80 bits per heavy atom.